The molecule has 100 valence electrons. The highest BCUT2D eigenvalue weighted by Gasteiger charge is 2.23. The van der Waals surface area contributed by atoms with Crippen LogP contribution in [0.4, 0.5) is 5.69 Å². The maximum absolute atomic E-state index is 11.7. The molecule has 0 radical (unpaired) electrons. The Morgan fingerprint density at radius 1 is 1.33 bits per heavy atom. The summed E-state index contributed by atoms with van der Waals surface area (Å²) in [7, 11) is -3.49. The van der Waals surface area contributed by atoms with Gasteiger partial charge in [-0.05, 0) is 19.1 Å². The molecular formula is C12H17NO4S. The Kier molecular flexibility index (Phi) is 4.34. The highest BCUT2D eigenvalue weighted by Crippen LogP contribution is 2.19. The fourth-order valence-corrected chi connectivity index (χ4v) is 2.47. The van der Waals surface area contributed by atoms with Crippen molar-refractivity contribution in [3.63, 3.8) is 0 Å². The topological polar surface area (TPSA) is 74.7 Å². The number of hydrogen-bond acceptors (Lipinski definition) is 3. The summed E-state index contributed by atoms with van der Waals surface area (Å²) >= 11 is 0. The lowest BCUT2D eigenvalue weighted by Gasteiger charge is -2.24. The summed E-state index contributed by atoms with van der Waals surface area (Å²) in [5.41, 5.74) is 1.50. The Balaban J connectivity index is 3.07. The number of sulfonamides is 1. The van der Waals surface area contributed by atoms with E-state index in [1.54, 1.807) is 24.3 Å². The van der Waals surface area contributed by atoms with Crippen LogP contribution in [0.2, 0.25) is 0 Å². The van der Waals surface area contributed by atoms with Crippen LogP contribution in [0.25, 0.3) is 0 Å². The number of carboxylic acids is 1. The number of carboxylic acid groups (broad SMARTS) is 1. The van der Waals surface area contributed by atoms with Gasteiger partial charge in [-0.25, -0.2) is 8.42 Å². The molecule has 0 fully saturated rings. The van der Waals surface area contributed by atoms with Gasteiger partial charge < -0.3 is 5.11 Å². The summed E-state index contributed by atoms with van der Waals surface area (Å²) in [5.74, 6) is -1.78. The first-order chi connectivity index (χ1) is 8.21. The van der Waals surface area contributed by atoms with Gasteiger partial charge in [0.2, 0.25) is 10.0 Å². The summed E-state index contributed by atoms with van der Waals surface area (Å²) in [6, 6.07) is 6.92. The van der Waals surface area contributed by atoms with E-state index in [1.165, 1.54) is 6.92 Å². The van der Waals surface area contributed by atoms with E-state index < -0.39 is 21.9 Å². The Labute approximate surface area is 107 Å². The van der Waals surface area contributed by atoms with Crippen molar-refractivity contribution in [1.82, 2.24) is 0 Å². The number of anilines is 1. The molecule has 1 N–H and O–H groups in total. The zero-order chi connectivity index (χ0) is 13.9. The maximum Gasteiger partial charge on any atom is 0.308 e. The van der Waals surface area contributed by atoms with Crippen LogP contribution in [0.1, 0.15) is 12.5 Å². The van der Waals surface area contributed by atoms with Crippen LogP contribution in [0.15, 0.2) is 24.3 Å². The van der Waals surface area contributed by atoms with Crippen LogP contribution in [-0.2, 0) is 14.8 Å². The summed E-state index contributed by atoms with van der Waals surface area (Å²) in [4.78, 5) is 10.8. The van der Waals surface area contributed by atoms with Gasteiger partial charge in [-0.1, -0.05) is 24.6 Å². The SMILES string of the molecule is Cc1ccc(N(CC(C)C(=O)O)S(C)(=O)=O)cc1. The lowest BCUT2D eigenvalue weighted by atomic mass is 10.1. The Hall–Kier alpha value is -1.56. The van der Waals surface area contributed by atoms with E-state index in [9.17, 15) is 13.2 Å². The molecule has 0 aromatic heterocycles. The normalized spacial score (nSPS) is 13.1. The first-order valence-electron chi connectivity index (χ1n) is 5.49. The molecule has 0 saturated carbocycles. The molecule has 0 aliphatic heterocycles. The molecule has 18 heavy (non-hydrogen) atoms. The zero-order valence-corrected chi connectivity index (χ0v) is 11.4. The largest absolute Gasteiger partial charge is 0.481 e. The van der Waals surface area contributed by atoms with E-state index in [2.05, 4.69) is 0 Å². The third-order valence-electron chi connectivity index (χ3n) is 2.58. The number of rotatable bonds is 5. The molecule has 0 spiro atoms. The number of aryl methyl sites for hydroxylation is 1. The van der Waals surface area contributed by atoms with E-state index in [0.29, 0.717) is 5.69 Å². The monoisotopic (exact) mass is 271 g/mol. The first-order valence-corrected chi connectivity index (χ1v) is 7.34. The highest BCUT2D eigenvalue weighted by molar-refractivity contribution is 7.92. The number of nitrogens with zero attached hydrogens (tertiary/aromatic N) is 1. The first kappa shape index (κ1) is 14.5. The number of aliphatic carboxylic acids is 1. The van der Waals surface area contributed by atoms with Crippen molar-refractivity contribution in [3.05, 3.63) is 29.8 Å². The third kappa shape index (κ3) is 3.73. The second-order valence-corrected chi connectivity index (χ2v) is 6.28. The van der Waals surface area contributed by atoms with E-state index >= 15 is 0 Å². The predicted molar refractivity (Wildman–Crippen MR) is 70.2 cm³/mol. The van der Waals surface area contributed by atoms with E-state index in [0.717, 1.165) is 16.1 Å². The van der Waals surface area contributed by atoms with Gasteiger partial charge in [0, 0.05) is 6.54 Å². The van der Waals surface area contributed by atoms with Gasteiger partial charge in [-0.2, -0.15) is 0 Å². The Morgan fingerprint density at radius 2 is 1.83 bits per heavy atom. The van der Waals surface area contributed by atoms with E-state index in [1.807, 2.05) is 6.92 Å². The van der Waals surface area contributed by atoms with Gasteiger partial charge >= 0.3 is 5.97 Å². The molecule has 0 heterocycles. The molecule has 5 nitrogen and oxygen atoms in total. The summed E-state index contributed by atoms with van der Waals surface area (Å²) in [5, 5.41) is 8.87. The van der Waals surface area contributed by atoms with Crippen molar-refractivity contribution in [2.24, 2.45) is 5.92 Å². The van der Waals surface area contributed by atoms with Crippen molar-refractivity contribution < 1.29 is 18.3 Å². The minimum atomic E-state index is -3.49. The molecule has 6 heteroatoms. The van der Waals surface area contributed by atoms with Crippen molar-refractivity contribution in [1.29, 1.82) is 0 Å². The molecule has 0 aliphatic rings. The van der Waals surface area contributed by atoms with Gasteiger partial charge in [0.1, 0.15) is 0 Å². The van der Waals surface area contributed by atoms with Crippen LogP contribution in [0.3, 0.4) is 0 Å². The smallest absolute Gasteiger partial charge is 0.308 e. The minimum absolute atomic E-state index is 0.0722. The van der Waals surface area contributed by atoms with Gasteiger partial charge in [0.15, 0.2) is 0 Å². The van der Waals surface area contributed by atoms with Crippen LogP contribution >= 0.6 is 0 Å². The molecule has 1 atom stereocenters. The van der Waals surface area contributed by atoms with E-state index in [4.69, 9.17) is 5.11 Å². The molecule has 0 aliphatic carbocycles. The van der Waals surface area contributed by atoms with Crippen LogP contribution in [0.5, 0.6) is 0 Å². The molecule has 1 aromatic carbocycles. The molecule has 1 aromatic rings. The molecule has 1 rings (SSSR count). The molecular weight excluding hydrogens is 254 g/mol. The standard InChI is InChI=1S/C12H17NO4S/c1-9-4-6-11(7-5-9)13(18(3,16)17)8-10(2)12(14)15/h4-7,10H,8H2,1-3H3,(H,14,15). The maximum atomic E-state index is 11.7. The fourth-order valence-electron chi connectivity index (χ4n) is 1.47. The molecule has 0 saturated heterocycles. The van der Waals surface area contributed by atoms with Gasteiger partial charge in [-0.3, -0.25) is 9.10 Å². The lowest BCUT2D eigenvalue weighted by molar-refractivity contribution is -0.140. The molecule has 0 amide bonds. The highest BCUT2D eigenvalue weighted by atomic mass is 32.2. The van der Waals surface area contributed by atoms with Crippen LogP contribution in [0, 0.1) is 12.8 Å². The quantitative estimate of drug-likeness (QED) is 0.880. The van der Waals surface area contributed by atoms with Crippen molar-refractivity contribution in [2.45, 2.75) is 13.8 Å². The van der Waals surface area contributed by atoms with Crippen molar-refractivity contribution in [2.75, 3.05) is 17.1 Å². The zero-order valence-electron chi connectivity index (χ0n) is 10.6. The average Bonchev–Trinajstić information content (AvgIpc) is 2.25. The summed E-state index contributed by atoms with van der Waals surface area (Å²) in [6.45, 7) is 3.31. The number of hydrogen-bond donors (Lipinski definition) is 1. The van der Waals surface area contributed by atoms with Crippen LogP contribution in [-0.4, -0.2) is 32.3 Å². The van der Waals surface area contributed by atoms with Crippen LogP contribution < -0.4 is 4.31 Å². The molecule has 1 unspecified atom stereocenters. The third-order valence-corrected chi connectivity index (χ3v) is 3.74. The second kappa shape index (κ2) is 5.39. The summed E-state index contributed by atoms with van der Waals surface area (Å²) < 4.78 is 24.5. The fraction of sp³-hybridized carbons (Fsp3) is 0.417. The Bertz CT molecular complexity index is 522. The average molecular weight is 271 g/mol. The van der Waals surface area contributed by atoms with Crippen molar-refractivity contribution in [3.8, 4) is 0 Å². The van der Waals surface area contributed by atoms with Gasteiger partial charge in [0.25, 0.3) is 0 Å². The summed E-state index contributed by atoms with van der Waals surface area (Å²) in [6.07, 6.45) is 1.07. The minimum Gasteiger partial charge on any atom is -0.481 e. The lowest BCUT2D eigenvalue weighted by Crippen LogP contribution is -2.36. The Morgan fingerprint density at radius 3 is 2.22 bits per heavy atom. The number of carbonyl (C=O) groups is 1. The number of benzene rings is 1. The molecule has 0 bridgehead atoms. The van der Waals surface area contributed by atoms with Crippen molar-refractivity contribution >= 4 is 21.7 Å². The van der Waals surface area contributed by atoms with Gasteiger partial charge in [0.05, 0.1) is 17.9 Å². The van der Waals surface area contributed by atoms with E-state index in [-0.39, 0.29) is 6.54 Å². The van der Waals surface area contributed by atoms with Gasteiger partial charge in [-0.15, -0.1) is 0 Å². The predicted octanol–water partition coefficient (Wildman–Crippen LogP) is 1.48. The second-order valence-electron chi connectivity index (χ2n) is 4.37.